The van der Waals surface area contributed by atoms with Crippen LogP contribution in [0.4, 0.5) is 0 Å². The molecule has 1 aromatic rings. The first kappa shape index (κ1) is 21.7. The molecule has 1 aliphatic rings. The molecule has 0 saturated carbocycles. The van der Waals surface area contributed by atoms with Crippen molar-refractivity contribution in [1.82, 2.24) is 14.7 Å². The molecule has 0 aliphatic carbocycles. The summed E-state index contributed by atoms with van der Waals surface area (Å²) in [5.41, 5.74) is 3.62. The lowest BCUT2D eigenvalue weighted by Gasteiger charge is -2.26. The summed E-state index contributed by atoms with van der Waals surface area (Å²) < 4.78 is 5.99. The number of ether oxygens (including phenoxy) is 1. The molecule has 5 nitrogen and oxygen atoms in total. The fourth-order valence-electron chi connectivity index (χ4n) is 3.87. The number of nitrogens with zero attached hydrogens (tertiary/aromatic N) is 3. The van der Waals surface area contributed by atoms with Crippen LogP contribution in [0.3, 0.4) is 0 Å². The monoisotopic (exact) mass is 375 g/mol. The van der Waals surface area contributed by atoms with Crippen molar-refractivity contribution in [3.05, 3.63) is 28.8 Å². The second kappa shape index (κ2) is 9.56. The SMILES string of the molecule is Cc1cc(C)c(C)c(OCCN(C)C(=O)[C@@H]2CC[C@H](N(C)C)CN(C)C2)c1. The van der Waals surface area contributed by atoms with E-state index in [1.165, 1.54) is 16.7 Å². The Morgan fingerprint density at radius 2 is 1.85 bits per heavy atom. The zero-order valence-electron chi connectivity index (χ0n) is 18.2. The number of likely N-dealkylation sites (N-methyl/N-ethyl adjacent to an activating group) is 3. The maximum Gasteiger partial charge on any atom is 0.226 e. The number of rotatable bonds is 6. The van der Waals surface area contributed by atoms with Crippen molar-refractivity contribution in [3.63, 3.8) is 0 Å². The van der Waals surface area contributed by atoms with Gasteiger partial charge in [0.25, 0.3) is 0 Å². The summed E-state index contributed by atoms with van der Waals surface area (Å²) in [7, 11) is 8.26. The van der Waals surface area contributed by atoms with Gasteiger partial charge in [0.2, 0.25) is 5.91 Å². The van der Waals surface area contributed by atoms with Crippen LogP contribution >= 0.6 is 0 Å². The lowest BCUT2D eigenvalue weighted by atomic mass is 10.00. The number of carbonyl (C=O) groups is 1. The van der Waals surface area contributed by atoms with E-state index in [1.807, 2.05) is 11.9 Å². The predicted molar refractivity (Wildman–Crippen MR) is 111 cm³/mol. The third kappa shape index (κ3) is 5.94. The first-order chi connectivity index (χ1) is 12.7. The molecule has 5 heteroatoms. The van der Waals surface area contributed by atoms with Crippen LogP contribution in [0.2, 0.25) is 0 Å². The lowest BCUT2D eigenvalue weighted by Crippen LogP contribution is -2.40. The van der Waals surface area contributed by atoms with Gasteiger partial charge in [-0.05, 0) is 77.5 Å². The van der Waals surface area contributed by atoms with Crippen LogP contribution in [0.15, 0.2) is 12.1 Å². The second-order valence-corrected chi connectivity index (χ2v) is 8.43. The summed E-state index contributed by atoms with van der Waals surface area (Å²) in [5, 5.41) is 0. The van der Waals surface area contributed by atoms with Crippen molar-refractivity contribution in [3.8, 4) is 5.75 Å². The van der Waals surface area contributed by atoms with E-state index < -0.39 is 0 Å². The summed E-state index contributed by atoms with van der Waals surface area (Å²) >= 11 is 0. The number of aryl methyl sites for hydroxylation is 2. The Kier molecular flexibility index (Phi) is 7.68. The molecule has 1 amide bonds. The molecule has 152 valence electrons. The van der Waals surface area contributed by atoms with Crippen molar-refractivity contribution >= 4 is 5.91 Å². The smallest absolute Gasteiger partial charge is 0.226 e. The van der Waals surface area contributed by atoms with Crippen LogP contribution in [0, 0.1) is 26.7 Å². The van der Waals surface area contributed by atoms with Crippen molar-refractivity contribution in [2.75, 3.05) is 54.4 Å². The van der Waals surface area contributed by atoms with Gasteiger partial charge in [0, 0.05) is 26.2 Å². The molecule has 27 heavy (non-hydrogen) atoms. The highest BCUT2D eigenvalue weighted by Gasteiger charge is 2.29. The summed E-state index contributed by atoms with van der Waals surface area (Å²) in [6.45, 7) is 9.27. The summed E-state index contributed by atoms with van der Waals surface area (Å²) in [5.74, 6) is 1.24. The summed E-state index contributed by atoms with van der Waals surface area (Å²) in [6.07, 6.45) is 2.02. The van der Waals surface area contributed by atoms with E-state index in [2.05, 4.69) is 63.8 Å². The van der Waals surface area contributed by atoms with Gasteiger partial charge in [-0.3, -0.25) is 4.79 Å². The number of likely N-dealkylation sites (tertiary alicyclic amines) is 1. The standard InChI is InChI=1S/C22H37N3O2/c1-16-12-17(2)18(3)21(13-16)27-11-10-25(7)22(26)19-8-9-20(23(4)5)15-24(6)14-19/h12-13,19-20H,8-11,14-15H2,1-7H3/t19-,20+/m1/s1. The zero-order valence-corrected chi connectivity index (χ0v) is 18.2. The number of carbonyl (C=O) groups excluding carboxylic acids is 1. The highest BCUT2D eigenvalue weighted by Crippen LogP contribution is 2.23. The number of benzene rings is 1. The molecular formula is C22H37N3O2. The Labute approximate surface area is 165 Å². The first-order valence-corrected chi connectivity index (χ1v) is 9.99. The van der Waals surface area contributed by atoms with E-state index in [9.17, 15) is 4.79 Å². The molecule has 1 saturated heterocycles. The largest absolute Gasteiger partial charge is 0.491 e. The van der Waals surface area contributed by atoms with Gasteiger partial charge >= 0.3 is 0 Å². The van der Waals surface area contributed by atoms with Crippen LogP contribution in [0.5, 0.6) is 5.75 Å². The van der Waals surface area contributed by atoms with E-state index in [4.69, 9.17) is 4.74 Å². The molecule has 0 bridgehead atoms. The minimum absolute atomic E-state index is 0.0768. The Hall–Kier alpha value is -1.59. The van der Waals surface area contributed by atoms with E-state index in [-0.39, 0.29) is 11.8 Å². The summed E-state index contributed by atoms with van der Waals surface area (Å²) in [4.78, 5) is 19.3. The number of hydrogen-bond acceptors (Lipinski definition) is 4. The molecule has 0 unspecified atom stereocenters. The molecule has 1 aromatic carbocycles. The van der Waals surface area contributed by atoms with Crippen LogP contribution in [0.25, 0.3) is 0 Å². The highest BCUT2D eigenvalue weighted by molar-refractivity contribution is 5.78. The maximum absolute atomic E-state index is 12.9. The van der Waals surface area contributed by atoms with E-state index in [1.54, 1.807) is 0 Å². The van der Waals surface area contributed by atoms with Crippen molar-refractivity contribution < 1.29 is 9.53 Å². The third-order valence-electron chi connectivity index (χ3n) is 5.81. The lowest BCUT2D eigenvalue weighted by molar-refractivity contribution is -0.135. The molecule has 0 spiro atoms. The van der Waals surface area contributed by atoms with Crippen LogP contribution in [-0.2, 0) is 4.79 Å². The molecule has 1 aliphatic heterocycles. The van der Waals surface area contributed by atoms with Crippen LogP contribution < -0.4 is 4.74 Å². The minimum Gasteiger partial charge on any atom is -0.491 e. The van der Waals surface area contributed by atoms with Crippen LogP contribution in [0.1, 0.15) is 29.5 Å². The number of amides is 1. The average Bonchev–Trinajstić information content (AvgIpc) is 2.80. The topological polar surface area (TPSA) is 36.0 Å². The third-order valence-corrected chi connectivity index (χ3v) is 5.81. The number of hydrogen-bond donors (Lipinski definition) is 0. The second-order valence-electron chi connectivity index (χ2n) is 8.43. The van der Waals surface area contributed by atoms with Gasteiger partial charge in [-0.2, -0.15) is 0 Å². The fourth-order valence-corrected chi connectivity index (χ4v) is 3.87. The molecule has 1 fully saturated rings. The quantitative estimate of drug-likeness (QED) is 0.766. The fraction of sp³-hybridized carbons (Fsp3) is 0.682. The van der Waals surface area contributed by atoms with Gasteiger partial charge in [-0.25, -0.2) is 0 Å². The molecular weight excluding hydrogens is 338 g/mol. The zero-order chi connectivity index (χ0) is 20.1. The molecule has 2 rings (SSSR count). The average molecular weight is 376 g/mol. The Bertz CT molecular complexity index is 645. The maximum atomic E-state index is 12.9. The van der Waals surface area contributed by atoms with E-state index in [0.29, 0.717) is 19.2 Å². The molecule has 0 radical (unpaired) electrons. The van der Waals surface area contributed by atoms with Gasteiger partial charge < -0.3 is 19.4 Å². The van der Waals surface area contributed by atoms with Gasteiger partial charge in [-0.15, -0.1) is 0 Å². The molecule has 0 N–H and O–H groups in total. The highest BCUT2D eigenvalue weighted by atomic mass is 16.5. The Balaban J connectivity index is 1.88. The van der Waals surface area contributed by atoms with E-state index >= 15 is 0 Å². The van der Waals surface area contributed by atoms with Crippen molar-refractivity contribution in [2.24, 2.45) is 5.92 Å². The molecule has 0 aromatic heterocycles. The van der Waals surface area contributed by atoms with Crippen molar-refractivity contribution in [1.29, 1.82) is 0 Å². The first-order valence-electron chi connectivity index (χ1n) is 9.99. The van der Waals surface area contributed by atoms with Crippen LogP contribution in [-0.4, -0.2) is 81.1 Å². The van der Waals surface area contributed by atoms with Crippen molar-refractivity contribution in [2.45, 2.75) is 39.7 Å². The van der Waals surface area contributed by atoms with Gasteiger partial charge in [0.05, 0.1) is 12.5 Å². The molecule has 2 atom stereocenters. The Morgan fingerprint density at radius 3 is 2.52 bits per heavy atom. The van der Waals surface area contributed by atoms with Gasteiger partial charge in [0.15, 0.2) is 0 Å². The minimum atomic E-state index is 0.0768. The normalized spacial score (nSPS) is 21.2. The van der Waals surface area contributed by atoms with E-state index in [0.717, 1.165) is 31.7 Å². The van der Waals surface area contributed by atoms with Gasteiger partial charge in [-0.1, -0.05) is 6.07 Å². The predicted octanol–water partition coefficient (Wildman–Crippen LogP) is 2.72. The van der Waals surface area contributed by atoms with Gasteiger partial charge in [0.1, 0.15) is 12.4 Å². The Morgan fingerprint density at radius 1 is 1.15 bits per heavy atom. The molecule has 1 heterocycles. The summed E-state index contributed by atoms with van der Waals surface area (Å²) in [6, 6.07) is 4.77.